The summed E-state index contributed by atoms with van der Waals surface area (Å²) >= 11 is 0. The minimum Gasteiger partial charge on any atom is -0.306 e. The Labute approximate surface area is 93.6 Å². The van der Waals surface area contributed by atoms with Crippen molar-refractivity contribution in [1.29, 1.82) is 0 Å². The molecule has 0 aromatic rings. The molecule has 3 atom stereocenters. The molecule has 0 aromatic heterocycles. The van der Waals surface area contributed by atoms with E-state index in [9.17, 15) is 0 Å². The van der Waals surface area contributed by atoms with E-state index < -0.39 is 0 Å². The van der Waals surface area contributed by atoms with Crippen molar-refractivity contribution < 1.29 is 0 Å². The molecule has 0 spiro atoms. The molecule has 2 aliphatic heterocycles. The van der Waals surface area contributed by atoms with E-state index in [0.29, 0.717) is 0 Å². The maximum atomic E-state index is 2.80. The van der Waals surface area contributed by atoms with E-state index in [2.05, 4.69) is 23.8 Å². The molecule has 0 unspecified atom stereocenters. The molecule has 2 heteroatoms. The molecule has 0 N–H and O–H groups in total. The molecule has 0 radical (unpaired) electrons. The lowest BCUT2D eigenvalue weighted by atomic mass is 10.0. The minimum absolute atomic E-state index is 0.923. The van der Waals surface area contributed by atoms with Gasteiger partial charge in [-0.1, -0.05) is 13.3 Å². The SMILES string of the molecule is CC[C@@H]1[C@H]2CN(C3CCN(C)CC3)C[C@@H]12. The van der Waals surface area contributed by atoms with Crippen molar-refractivity contribution in [3.05, 3.63) is 0 Å². The van der Waals surface area contributed by atoms with Gasteiger partial charge in [0, 0.05) is 19.1 Å². The molecular weight excluding hydrogens is 184 g/mol. The zero-order chi connectivity index (χ0) is 10.4. The van der Waals surface area contributed by atoms with Crippen molar-refractivity contribution in [1.82, 2.24) is 9.80 Å². The molecule has 2 nitrogen and oxygen atoms in total. The quantitative estimate of drug-likeness (QED) is 0.681. The van der Waals surface area contributed by atoms with Crippen molar-refractivity contribution in [2.24, 2.45) is 17.8 Å². The van der Waals surface area contributed by atoms with Gasteiger partial charge in [-0.3, -0.25) is 4.90 Å². The third kappa shape index (κ3) is 1.72. The summed E-state index contributed by atoms with van der Waals surface area (Å²) in [7, 11) is 2.25. The lowest BCUT2D eigenvalue weighted by Gasteiger charge is -2.36. The Bertz CT molecular complexity index is 221. The molecule has 2 saturated heterocycles. The maximum absolute atomic E-state index is 2.80. The average molecular weight is 208 g/mol. The third-order valence-corrected chi connectivity index (χ3v) is 5.08. The zero-order valence-electron chi connectivity index (χ0n) is 10.2. The van der Waals surface area contributed by atoms with E-state index in [0.717, 1.165) is 23.8 Å². The molecule has 0 amide bonds. The first-order chi connectivity index (χ1) is 7.29. The Morgan fingerprint density at radius 2 is 1.67 bits per heavy atom. The van der Waals surface area contributed by atoms with Crippen LogP contribution in [0.5, 0.6) is 0 Å². The van der Waals surface area contributed by atoms with Crippen LogP contribution in [0.15, 0.2) is 0 Å². The molecule has 2 heterocycles. The summed E-state index contributed by atoms with van der Waals surface area (Å²) in [5, 5.41) is 0. The summed E-state index contributed by atoms with van der Waals surface area (Å²) in [4.78, 5) is 5.27. The van der Waals surface area contributed by atoms with Gasteiger partial charge in [0.1, 0.15) is 0 Å². The second-order valence-corrected chi connectivity index (χ2v) is 5.89. The fourth-order valence-electron chi connectivity index (χ4n) is 3.95. The van der Waals surface area contributed by atoms with Crippen molar-refractivity contribution in [2.75, 3.05) is 33.2 Å². The Kier molecular flexibility index (Phi) is 2.52. The van der Waals surface area contributed by atoms with Gasteiger partial charge in [0.15, 0.2) is 0 Å². The maximum Gasteiger partial charge on any atom is 0.0120 e. The first-order valence-electron chi connectivity index (χ1n) is 6.72. The number of fused-ring (bicyclic) bond motifs is 1. The topological polar surface area (TPSA) is 6.48 Å². The summed E-state index contributed by atoms with van der Waals surface area (Å²) in [6.07, 6.45) is 4.25. The minimum atomic E-state index is 0.923. The predicted octanol–water partition coefficient (Wildman–Crippen LogP) is 1.67. The van der Waals surface area contributed by atoms with Gasteiger partial charge >= 0.3 is 0 Å². The second kappa shape index (κ2) is 3.74. The van der Waals surface area contributed by atoms with Crippen LogP contribution < -0.4 is 0 Å². The van der Waals surface area contributed by atoms with Crippen LogP contribution in [0.3, 0.4) is 0 Å². The molecule has 3 rings (SSSR count). The van der Waals surface area contributed by atoms with Gasteiger partial charge in [-0.25, -0.2) is 0 Å². The number of hydrogen-bond acceptors (Lipinski definition) is 2. The summed E-state index contributed by atoms with van der Waals surface area (Å²) in [6.45, 7) is 7.85. The highest BCUT2D eigenvalue weighted by atomic mass is 15.2. The number of nitrogens with zero attached hydrogens (tertiary/aromatic N) is 2. The van der Waals surface area contributed by atoms with Gasteiger partial charge in [0.25, 0.3) is 0 Å². The smallest absolute Gasteiger partial charge is 0.0120 e. The van der Waals surface area contributed by atoms with Gasteiger partial charge in [0.2, 0.25) is 0 Å². The zero-order valence-corrected chi connectivity index (χ0v) is 10.2. The average Bonchev–Trinajstić information content (AvgIpc) is 2.72. The fraction of sp³-hybridized carbons (Fsp3) is 1.00. The Hall–Kier alpha value is -0.0800. The first-order valence-corrected chi connectivity index (χ1v) is 6.72. The van der Waals surface area contributed by atoms with E-state index in [1.54, 1.807) is 0 Å². The van der Waals surface area contributed by atoms with Crippen LogP contribution in [-0.4, -0.2) is 49.1 Å². The van der Waals surface area contributed by atoms with Crippen LogP contribution in [0.25, 0.3) is 0 Å². The molecular formula is C13H24N2. The Balaban J connectivity index is 1.50. The second-order valence-electron chi connectivity index (χ2n) is 5.89. The number of likely N-dealkylation sites (tertiary alicyclic amines) is 2. The molecule has 0 bridgehead atoms. The standard InChI is InChI=1S/C13H24N2/c1-3-11-12-8-15(9-13(11)12)10-4-6-14(2)7-5-10/h10-13H,3-9H2,1-2H3/t11-,12-,13+. The highest BCUT2D eigenvalue weighted by Crippen LogP contribution is 2.54. The van der Waals surface area contributed by atoms with Crippen molar-refractivity contribution in [3.8, 4) is 0 Å². The van der Waals surface area contributed by atoms with Gasteiger partial charge in [-0.15, -0.1) is 0 Å². The highest BCUT2D eigenvalue weighted by Gasteiger charge is 2.55. The number of piperidine rings is 2. The molecule has 86 valence electrons. The van der Waals surface area contributed by atoms with Crippen molar-refractivity contribution in [3.63, 3.8) is 0 Å². The Morgan fingerprint density at radius 1 is 1.07 bits per heavy atom. The fourth-order valence-corrected chi connectivity index (χ4v) is 3.95. The highest BCUT2D eigenvalue weighted by molar-refractivity contribution is 5.05. The number of hydrogen-bond donors (Lipinski definition) is 0. The molecule has 1 saturated carbocycles. The van der Waals surface area contributed by atoms with Crippen molar-refractivity contribution >= 4 is 0 Å². The van der Waals surface area contributed by atoms with E-state index in [4.69, 9.17) is 0 Å². The van der Waals surface area contributed by atoms with Crippen LogP contribution in [-0.2, 0) is 0 Å². The summed E-state index contributed by atoms with van der Waals surface area (Å²) in [5.74, 6) is 3.29. The van der Waals surface area contributed by atoms with Crippen molar-refractivity contribution in [2.45, 2.75) is 32.2 Å². The third-order valence-electron chi connectivity index (χ3n) is 5.08. The van der Waals surface area contributed by atoms with Crippen LogP contribution in [0, 0.1) is 17.8 Å². The van der Waals surface area contributed by atoms with Crippen LogP contribution in [0.4, 0.5) is 0 Å². The van der Waals surface area contributed by atoms with E-state index in [1.165, 1.54) is 45.4 Å². The van der Waals surface area contributed by atoms with Crippen LogP contribution in [0.2, 0.25) is 0 Å². The molecule has 1 aliphatic carbocycles. The molecule has 0 aromatic carbocycles. The summed E-state index contributed by atoms with van der Waals surface area (Å²) in [6, 6.07) is 0.923. The lowest BCUT2D eigenvalue weighted by Crippen LogP contribution is -2.43. The monoisotopic (exact) mass is 208 g/mol. The first kappa shape index (κ1) is 10.1. The Morgan fingerprint density at radius 3 is 2.20 bits per heavy atom. The lowest BCUT2D eigenvalue weighted by molar-refractivity contribution is 0.127. The van der Waals surface area contributed by atoms with Gasteiger partial charge in [0.05, 0.1) is 0 Å². The van der Waals surface area contributed by atoms with Crippen LogP contribution in [0.1, 0.15) is 26.2 Å². The van der Waals surface area contributed by atoms with E-state index >= 15 is 0 Å². The molecule has 3 aliphatic rings. The van der Waals surface area contributed by atoms with E-state index in [1.807, 2.05) is 0 Å². The van der Waals surface area contributed by atoms with Gasteiger partial charge in [-0.2, -0.15) is 0 Å². The molecule has 15 heavy (non-hydrogen) atoms. The normalized spacial score (nSPS) is 43.2. The van der Waals surface area contributed by atoms with E-state index in [-0.39, 0.29) is 0 Å². The van der Waals surface area contributed by atoms with Crippen LogP contribution >= 0.6 is 0 Å². The summed E-state index contributed by atoms with van der Waals surface area (Å²) < 4.78 is 0. The van der Waals surface area contributed by atoms with Gasteiger partial charge < -0.3 is 4.90 Å². The largest absolute Gasteiger partial charge is 0.306 e. The van der Waals surface area contributed by atoms with Gasteiger partial charge in [-0.05, 0) is 50.7 Å². The number of rotatable bonds is 2. The summed E-state index contributed by atoms with van der Waals surface area (Å²) in [5.41, 5.74) is 0. The predicted molar refractivity (Wildman–Crippen MR) is 62.9 cm³/mol. The molecule has 3 fully saturated rings.